The number of aromatic hydroxyl groups is 1. The number of carbonyl (C=O) groups is 1. The zero-order valence-corrected chi connectivity index (χ0v) is 18.5. The summed E-state index contributed by atoms with van der Waals surface area (Å²) in [5, 5.41) is 13.0. The highest BCUT2D eigenvalue weighted by molar-refractivity contribution is 6.31. The first-order valence-electron chi connectivity index (χ1n) is 9.41. The number of methoxy groups -OCH3 is 1. The van der Waals surface area contributed by atoms with Crippen LogP contribution in [-0.2, 0) is 16.1 Å². The number of hydrogen-bond donors (Lipinski definition) is 2. The van der Waals surface area contributed by atoms with E-state index in [1.54, 1.807) is 6.92 Å². The van der Waals surface area contributed by atoms with E-state index in [1.807, 2.05) is 0 Å². The number of carbonyl (C=O) groups excluding carboxylic acids is 1. The van der Waals surface area contributed by atoms with Crippen LogP contribution in [0.15, 0.2) is 40.2 Å². The zero-order chi connectivity index (χ0) is 23.6. The van der Waals surface area contributed by atoms with Crippen molar-refractivity contribution in [1.29, 1.82) is 0 Å². The molecule has 0 aromatic heterocycles. The Morgan fingerprint density at radius 2 is 2.00 bits per heavy atom. The molecule has 0 spiro atoms. The van der Waals surface area contributed by atoms with E-state index in [4.69, 9.17) is 21.1 Å². The van der Waals surface area contributed by atoms with E-state index < -0.39 is 17.8 Å². The predicted octanol–water partition coefficient (Wildman–Crippen LogP) is 5.16. The molecule has 0 aliphatic carbocycles. The molecule has 1 aromatic rings. The van der Waals surface area contributed by atoms with E-state index in [0.717, 1.165) is 6.21 Å². The Balaban J connectivity index is 3.07. The second-order valence-corrected chi connectivity index (χ2v) is 6.88. The molecule has 0 saturated carbocycles. The van der Waals surface area contributed by atoms with Gasteiger partial charge in [-0.3, -0.25) is 4.79 Å². The van der Waals surface area contributed by atoms with Gasteiger partial charge in [0.15, 0.2) is 0 Å². The first-order valence-corrected chi connectivity index (χ1v) is 9.79. The lowest BCUT2D eigenvalue weighted by Crippen LogP contribution is -2.24. The third-order valence-corrected chi connectivity index (χ3v) is 4.41. The smallest absolute Gasteiger partial charge is 0.433 e. The monoisotopic (exact) mass is 462 g/mol. The maximum atomic E-state index is 13.2. The maximum absolute atomic E-state index is 13.2. The summed E-state index contributed by atoms with van der Waals surface area (Å²) in [6, 6.07) is 2.70. The molecular weight excluding hydrogens is 437 g/mol. The molecule has 6 nitrogen and oxygen atoms in total. The van der Waals surface area contributed by atoms with E-state index in [1.165, 1.54) is 39.2 Å². The average Bonchev–Trinajstić information content (AvgIpc) is 2.71. The van der Waals surface area contributed by atoms with E-state index in [9.17, 15) is 23.1 Å². The fraction of sp³-hybridized carbons (Fsp3) is 0.429. The Morgan fingerprint density at radius 3 is 2.55 bits per heavy atom. The molecule has 172 valence electrons. The van der Waals surface area contributed by atoms with Gasteiger partial charge in [-0.15, -0.1) is 0 Å². The van der Waals surface area contributed by atoms with Crippen LogP contribution in [0.5, 0.6) is 5.75 Å². The van der Waals surface area contributed by atoms with Gasteiger partial charge in [-0.1, -0.05) is 24.6 Å². The van der Waals surface area contributed by atoms with E-state index in [0.29, 0.717) is 6.61 Å². The van der Waals surface area contributed by atoms with Gasteiger partial charge in [-0.25, -0.2) is 4.99 Å². The number of nitrogens with zero attached hydrogens (tertiary/aromatic N) is 1. The topological polar surface area (TPSA) is 80.2 Å². The zero-order valence-electron chi connectivity index (χ0n) is 17.8. The number of rotatable bonds is 10. The number of phenols is 1. The summed E-state index contributed by atoms with van der Waals surface area (Å²) in [4.78, 5) is 16.1. The van der Waals surface area contributed by atoms with Gasteiger partial charge in [0.05, 0.1) is 37.3 Å². The van der Waals surface area contributed by atoms with Crippen LogP contribution < -0.4 is 5.32 Å². The largest absolute Gasteiger partial charge is 0.507 e. The number of ether oxygens (including phenoxy) is 2. The number of hydrogen-bond acceptors (Lipinski definition) is 5. The van der Waals surface area contributed by atoms with Crippen LogP contribution in [0.25, 0.3) is 0 Å². The van der Waals surface area contributed by atoms with Crippen molar-refractivity contribution in [1.82, 2.24) is 5.32 Å². The molecule has 0 unspecified atom stereocenters. The third kappa shape index (κ3) is 8.35. The Bertz CT molecular complexity index is 865. The van der Waals surface area contributed by atoms with Crippen LogP contribution in [0.3, 0.4) is 0 Å². The minimum absolute atomic E-state index is 0.00992. The molecule has 0 aliphatic heterocycles. The fourth-order valence-electron chi connectivity index (χ4n) is 2.37. The van der Waals surface area contributed by atoms with Gasteiger partial charge >= 0.3 is 6.18 Å². The lowest BCUT2D eigenvalue weighted by molar-refractivity contribution is -0.0932. The van der Waals surface area contributed by atoms with Crippen molar-refractivity contribution >= 4 is 23.7 Å². The molecule has 0 atom stereocenters. The molecule has 10 heteroatoms. The van der Waals surface area contributed by atoms with Crippen molar-refractivity contribution in [3.05, 3.63) is 51.3 Å². The molecule has 0 bridgehead atoms. The molecular formula is C21H26ClF3N2O4. The van der Waals surface area contributed by atoms with E-state index >= 15 is 0 Å². The van der Waals surface area contributed by atoms with Gasteiger partial charge in [0.25, 0.3) is 5.91 Å². The maximum Gasteiger partial charge on any atom is 0.433 e. The molecule has 0 aliphatic rings. The Morgan fingerprint density at radius 1 is 1.32 bits per heavy atom. The Labute approximate surface area is 184 Å². The molecule has 0 saturated heterocycles. The van der Waals surface area contributed by atoms with Crippen LogP contribution in [-0.4, -0.2) is 43.7 Å². The van der Waals surface area contributed by atoms with Gasteiger partial charge in [-0.05, 0) is 38.0 Å². The summed E-state index contributed by atoms with van der Waals surface area (Å²) in [7, 11) is 1.52. The van der Waals surface area contributed by atoms with Crippen molar-refractivity contribution in [3.63, 3.8) is 0 Å². The van der Waals surface area contributed by atoms with Crippen LogP contribution >= 0.6 is 11.6 Å². The minimum atomic E-state index is -4.62. The Hall–Kier alpha value is -2.36. The van der Waals surface area contributed by atoms with Crippen LogP contribution in [0.1, 0.15) is 43.1 Å². The highest BCUT2D eigenvalue weighted by Crippen LogP contribution is 2.30. The van der Waals surface area contributed by atoms with Gasteiger partial charge in [-0.2, -0.15) is 13.2 Å². The standard InChI is InChI=1S/C21H26ClF3N2O4/c1-5-13(3)19(21(23,24)25)26-11-16(6-2)27-20(29)17-10-15(22)9-14(18(17)28)12-31-8-7-30-4/h6,9-11,28H,5,7-8,12H2,1-4H3,(H,27,29)/b16-6+,19-13?,26-11?. The molecule has 2 N–H and O–H groups in total. The van der Waals surface area contributed by atoms with Gasteiger partial charge < -0.3 is 19.9 Å². The molecule has 0 radical (unpaired) electrons. The summed E-state index contributed by atoms with van der Waals surface area (Å²) in [5.41, 5.74) is -0.805. The predicted molar refractivity (Wildman–Crippen MR) is 113 cm³/mol. The number of nitrogens with one attached hydrogen (secondary N) is 1. The van der Waals surface area contributed by atoms with Crippen LogP contribution in [0, 0.1) is 0 Å². The van der Waals surface area contributed by atoms with Crippen molar-refractivity contribution in [3.8, 4) is 5.75 Å². The molecule has 0 heterocycles. The van der Waals surface area contributed by atoms with Crippen molar-refractivity contribution in [2.45, 2.75) is 40.0 Å². The van der Waals surface area contributed by atoms with Crippen molar-refractivity contribution in [2.75, 3.05) is 20.3 Å². The van der Waals surface area contributed by atoms with Gasteiger partial charge in [0, 0.05) is 17.7 Å². The number of benzene rings is 1. The number of amides is 1. The van der Waals surface area contributed by atoms with Crippen LogP contribution in [0.4, 0.5) is 13.2 Å². The number of alkyl halides is 3. The summed E-state index contributed by atoms with van der Waals surface area (Å²) in [6.45, 7) is 5.07. The summed E-state index contributed by atoms with van der Waals surface area (Å²) in [5.74, 6) is -1.10. The normalized spacial score (nSPS) is 13.5. The molecule has 1 rings (SSSR count). The number of allylic oxidation sites excluding steroid dienone is 4. The summed E-state index contributed by atoms with van der Waals surface area (Å²) < 4.78 is 49.8. The third-order valence-electron chi connectivity index (χ3n) is 4.19. The second kappa shape index (κ2) is 12.5. The number of halogens is 4. The first-order chi connectivity index (χ1) is 14.5. The molecule has 1 amide bonds. The van der Waals surface area contributed by atoms with Crippen LogP contribution in [0.2, 0.25) is 5.02 Å². The first kappa shape index (κ1) is 26.7. The quantitative estimate of drug-likeness (QED) is 0.372. The van der Waals surface area contributed by atoms with Crippen molar-refractivity contribution < 1.29 is 32.5 Å². The summed E-state index contributed by atoms with van der Waals surface area (Å²) >= 11 is 6.04. The van der Waals surface area contributed by atoms with Gasteiger partial charge in [0.1, 0.15) is 11.4 Å². The van der Waals surface area contributed by atoms with E-state index in [-0.39, 0.29) is 52.8 Å². The SMILES string of the molecule is C/C=C(\C=NC(=C(C)CC)C(F)(F)F)NC(=O)c1cc(Cl)cc(COCCOC)c1O. The number of phenolic OH excluding ortho intramolecular Hbond substituents is 1. The second-order valence-electron chi connectivity index (χ2n) is 6.44. The van der Waals surface area contributed by atoms with E-state index in [2.05, 4.69) is 10.3 Å². The lowest BCUT2D eigenvalue weighted by atomic mass is 10.1. The molecule has 31 heavy (non-hydrogen) atoms. The molecule has 1 aromatic carbocycles. The fourth-order valence-corrected chi connectivity index (χ4v) is 2.61. The highest BCUT2D eigenvalue weighted by Gasteiger charge is 2.35. The van der Waals surface area contributed by atoms with Crippen molar-refractivity contribution in [2.24, 2.45) is 4.99 Å². The average molecular weight is 463 g/mol. The van der Waals surface area contributed by atoms with Gasteiger partial charge in [0.2, 0.25) is 0 Å². The Kier molecular flexibility index (Phi) is 10.7. The molecule has 0 fully saturated rings. The lowest BCUT2D eigenvalue weighted by Gasteiger charge is -2.13. The highest BCUT2D eigenvalue weighted by atomic mass is 35.5. The summed E-state index contributed by atoms with van der Waals surface area (Å²) in [6.07, 6.45) is -2.15. The minimum Gasteiger partial charge on any atom is -0.507 e. The number of aliphatic imine (C=N–C) groups is 1.